The van der Waals surface area contributed by atoms with Gasteiger partial charge in [-0.3, -0.25) is 4.79 Å². The van der Waals surface area contributed by atoms with Gasteiger partial charge in [0.1, 0.15) is 4.88 Å². The third kappa shape index (κ3) is 5.26. The van der Waals surface area contributed by atoms with Crippen LogP contribution in [0.2, 0.25) is 0 Å². The van der Waals surface area contributed by atoms with Crippen LogP contribution in [0.15, 0.2) is 24.4 Å². The van der Waals surface area contributed by atoms with Crippen molar-refractivity contribution in [2.45, 2.75) is 18.9 Å². The Labute approximate surface area is 159 Å². The van der Waals surface area contributed by atoms with Crippen LogP contribution < -0.4 is 21.7 Å². The molecule has 0 bridgehead atoms. The average Bonchev–Trinajstić information content (AvgIpc) is 3.03. The van der Waals surface area contributed by atoms with Crippen LogP contribution >= 0.6 is 11.3 Å². The van der Waals surface area contributed by atoms with Gasteiger partial charge in [-0.2, -0.15) is 4.39 Å². The van der Waals surface area contributed by atoms with E-state index >= 15 is 0 Å². The van der Waals surface area contributed by atoms with Crippen molar-refractivity contribution >= 4 is 29.0 Å². The van der Waals surface area contributed by atoms with Crippen LogP contribution in [-0.2, 0) is 0 Å². The molecule has 140 valence electrons. The molecule has 1 aliphatic heterocycles. The number of amides is 3. The Hall–Kier alpha value is -2.96. The van der Waals surface area contributed by atoms with Crippen LogP contribution in [0.1, 0.15) is 33.0 Å². The van der Waals surface area contributed by atoms with Crippen molar-refractivity contribution in [3.63, 3.8) is 0 Å². The Bertz CT molecular complexity index is 912. The summed E-state index contributed by atoms with van der Waals surface area (Å²) in [6, 6.07) is 3.64. The fraction of sp³-hybridized carbons (Fsp3) is 0.278. The monoisotopic (exact) mass is 387 g/mol. The summed E-state index contributed by atoms with van der Waals surface area (Å²) in [6.07, 6.45) is 3.20. The molecule has 3 heterocycles. The zero-order chi connectivity index (χ0) is 19.2. The molecule has 0 saturated carbocycles. The summed E-state index contributed by atoms with van der Waals surface area (Å²) in [7, 11) is 0. The number of aromatic nitrogens is 1. The number of nitrogens with two attached hydrogens (primary N) is 1. The summed E-state index contributed by atoms with van der Waals surface area (Å²) in [5.74, 6) is 4.77. The van der Waals surface area contributed by atoms with Gasteiger partial charge in [0.2, 0.25) is 5.95 Å². The lowest BCUT2D eigenvalue weighted by atomic mass is 10.1. The van der Waals surface area contributed by atoms with Crippen molar-refractivity contribution in [3.8, 4) is 11.8 Å². The molecule has 1 fully saturated rings. The van der Waals surface area contributed by atoms with E-state index in [1.54, 1.807) is 12.1 Å². The quantitative estimate of drug-likeness (QED) is 0.474. The highest BCUT2D eigenvalue weighted by molar-refractivity contribution is 7.15. The number of nitrogens with one attached hydrogen (secondary N) is 3. The van der Waals surface area contributed by atoms with Crippen molar-refractivity contribution in [1.29, 1.82) is 0 Å². The second-order valence-corrected chi connectivity index (χ2v) is 7.03. The molecule has 1 atom stereocenters. The summed E-state index contributed by atoms with van der Waals surface area (Å²) < 4.78 is 13.1. The molecular formula is C18H18FN5O2S. The number of nitrogens with zero attached hydrogens (tertiary/aromatic N) is 1. The molecule has 1 unspecified atom stereocenters. The van der Waals surface area contributed by atoms with Gasteiger partial charge in [0.15, 0.2) is 0 Å². The summed E-state index contributed by atoms with van der Waals surface area (Å²) in [4.78, 5) is 28.2. The summed E-state index contributed by atoms with van der Waals surface area (Å²) in [5, 5.41) is 8.64. The van der Waals surface area contributed by atoms with Gasteiger partial charge in [0, 0.05) is 30.4 Å². The van der Waals surface area contributed by atoms with Crippen LogP contribution in [0.4, 0.5) is 14.9 Å². The smallest absolute Gasteiger partial charge is 0.316 e. The number of carbonyl (C=O) groups excluding carboxylic acids is 2. The average molecular weight is 387 g/mol. The minimum absolute atomic E-state index is 0.0316. The van der Waals surface area contributed by atoms with Crippen molar-refractivity contribution in [2.24, 2.45) is 5.73 Å². The molecule has 7 nitrogen and oxygen atoms in total. The first-order valence-electron chi connectivity index (χ1n) is 8.36. The predicted octanol–water partition coefficient (Wildman–Crippen LogP) is 1.65. The number of hydrogen-bond donors (Lipinski definition) is 4. The Morgan fingerprint density at radius 1 is 1.37 bits per heavy atom. The zero-order valence-corrected chi connectivity index (χ0v) is 15.2. The van der Waals surface area contributed by atoms with E-state index in [9.17, 15) is 14.0 Å². The van der Waals surface area contributed by atoms with E-state index < -0.39 is 12.0 Å². The first-order chi connectivity index (χ1) is 13.0. The summed E-state index contributed by atoms with van der Waals surface area (Å²) in [5.41, 5.74) is 5.96. The fourth-order valence-corrected chi connectivity index (χ4v) is 3.56. The third-order valence-corrected chi connectivity index (χ3v) is 4.93. The van der Waals surface area contributed by atoms with Crippen molar-refractivity contribution in [3.05, 3.63) is 45.7 Å². The molecule has 5 N–H and O–H groups in total. The van der Waals surface area contributed by atoms with E-state index in [1.165, 1.54) is 12.3 Å². The van der Waals surface area contributed by atoms with E-state index in [0.717, 1.165) is 30.7 Å². The minimum Gasteiger partial charge on any atom is -0.351 e. The predicted molar refractivity (Wildman–Crippen MR) is 101 cm³/mol. The van der Waals surface area contributed by atoms with Gasteiger partial charge in [0.25, 0.3) is 5.91 Å². The first kappa shape index (κ1) is 18.8. The number of halogens is 1. The molecular weight excluding hydrogens is 369 g/mol. The van der Waals surface area contributed by atoms with Gasteiger partial charge in [-0.25, -0.2) is 9.78 Å². The number of piperidine rings is 1. The van der Waals surface area contributed by atoms with E-state index in [1.807, 2.05) is 0 Å². The summed E-state index contributed by atoms with van der Waals surface area (Å²) >= 11 is 1.14. The SMILES string of the molecule is NC(=O)Nc1cc(C#Cc2ccnc(F)c2)sc1C(=O)NC1CCCNC1. The highest BCUT2D eigenvalue weighted by Gasteiger charge is 2.21. The van der Waals surface area contributed by atoms with Crippen molar-refractivity contribution < 1.29 is 14.0 Å². The number of primary amides is 1. The topological polar surface area (TPSA) is 109 Å². The molecule has 27 heavy (non-hydrogen) atoms. The molecule has 0 radical (unpaired) electrons. The number of urea groups is 1. The highest BCUT2D eigenvalue weighted by Crippen LogP contribution is 2.27. The first-order valence-corrected chi connectivity index (χ1v) is 9.18. The van der Waals surface area contributed by atoms with Crippen LogP contribution in [0.25, 0.3) is 0 Å². The molecule has 3 amide bonds. The lowest BCUT2D eigenvalue weighted by Gasteiger charge is -2.23. The Kier molecular flexibility index (Phi) is 6.01. The second kappa shape index (κ2) is 8.62. The number of carbonyl (C=O) groups is 2. The highest BCUT2D eigenvalue weighted by atomic mass is 32.1. The number of anilines is 1. The lowest BCUT2D eigenvalue weighted by Crippen LogP contribution is -2.45. The number of pyridine rings is 1. The number of rotatable bonds is 3. The fourth-order valence-electron chi connectivity index (χ4n) is 2.69. The second-order valence-electron chi connectivity index (χ2n) is 5.98. The van der Waals surface area contributed by atoms with Gasteiger partial charge >= 0.3 is 6.03 Å². The lowest BCUT2D eigenvalue weighted by molar-refractivity contribution is 0.0935. The van der Waals surface area contributed by atoms with Crippen LogP contribution in [0.5, 0.6) is 0 Å². The molecule has 0 aromatic carbocycles. The molecule has 9 heteroatoms. The molecule has 3 rings (SSSR count). The third-order valence-electron chi connectivity index (χ3n) is 3.88. The van der Waals surface area contributed by atoms with Crippen LogP contribution in [0.3, 0.4) is 0 Å². The van der Waals surface area contributed by atoms with Gasteiger partial charge in [-0.05, 0) is 31.5 Å². The maximum Gasteiger partial charge on any atom is 0.316 e. The van der Waals surface area contributed by atoms with Gasteiger partial charge in [0.05, 0.1) is 10.6 Å². The molecule has 0 spiro atoms. The van der Waals surface area contributed by atoms with E-state index in [4.69, 9.17) is 5.73 Å². The largest absolute Gasteiger partial charge is 0.351 e. The zero-order valence-electron chi connectivity index (χ0n) is 14.3. The maximum absolute atomic E-state index is 13.1. The molecule has 0 aliphatic carbocycles. The minimum atomic E-state index is -0.767. The van der Waals surface area contributed by atoms with Gasteiger partial charge in [-0.15, -0.1) is 11.3 Å². The molecule has 1 aliphatic rings. The normalized spacial score (nSPS) is 16.1. The maximum atomic E-state index is 13.1. The van der Waals surface area contributed by atoms with E-state index in [2.05, 4.69) is 32.8 Å². The van der Waals surface area contributed by atoms with Crippen LogP contribution in [-0.4, -0.2) is 36.1 Å². The van der Waals surface area contributed by atoms with Gasteiger partial charge in [-0.1, -0.05) is 11.8 Å². The van der Waals surface area contributed by atoms with Crippen molar-refractivity contribution in [1.82, 2.24) is 15.6 Å². The molecule has 2 aromatic heterocycles. The Morgan fingerprint density at radius 2 is 2.22 bits per heavy atom. The van der Waals surface area contributed by atoms with Crippen molar-refractivity contribution in [2.75, 3.05) is 18.4 Å². The standard InChI is InChI=1S/C18H18FN5O2S/c19-15-8-11(5-7-22-15)3-4-13-9-14(24-18(20)26)16(27-13)17(25)23-12-2-1-6-21-10-12/h5,7-9,12,21H,1-2,6,10H2,(H,23,25)(H3,20,24,26). The molecule has 2 aromatic rings. The summed E-state index contributed by atoms with van der Waals surface area (Å²) in [6.45, 7) is 1.64. The van der Waals surface area contributed by atoms with Gasteiger partial charge < -0.3 is 21.7 Å². The Morgan fingerprint density at radius 3 is 2.93 bits per heavy atom. The van der Waals surface area contributed by atoms with Crippen LogP contribution in [0, 0.1) is 17.8 Å². The number of hydrogen-bond acceptors (Lipinski definition) is 5. The van der Waals surface area contributed by atoms with E-state index in [-0.39, 0.29) is 11.9 Å². The Balaban J connectivity index is 1.82. The number of thiophene rings is 1. The van der Waals surface area contributed by atoms with E-state index in [0.29, 0.717) is 27.5 Å². The molecule has 1 saturated heterocycles.